The van der Waals surface area contributed by atoms with Crippen LogP contribution in [0.4, 0.5) is 0 Å². The first kappa shape index (κ1) is 11.4. The van der Waals surface area contributed by atoms with Gasteiger partial charge in [0, 0.05) is 13.2 Å². The number of ether oxygens (including phenoxy) is 3. The Balaban J connectivity index is 3.42. The van der Waals surface area contributed by atoms with E-state index in [0.29, 0.717) is 26.4 Å². The molecular formula is C9H16O3. The number of terminal acetylenes is 1. The van der Waals surface area contributed by atoms with Crippen molar-refractivity contribution in [3.8, 4) is 12.3 Å². The van der Waals surface area contributed by atoms with Gasteiger partial charge in [0.05, 0.1) is 6.61 Å². The molecular weight excluding hydrogens is 156 g/mol. The van der Waals surface area contributed by atoms with E-state index in [4.69, 9.17) is 20.6 Å². The normalized spacial score (nSPS) is 10.2. The van der Waals surface area contributed by atoms with Gasteiger partial charge in [0.15, 0.2) is 6.29 Å². The minimum atomic E-state index is -0.284. The zero-order valence-electron chi connectivity index (χ0n) is 7.71. The van der Waals surface area contributed by atoms with Gasteiger partial charge in [-0.05, 0) is 13.8 Å². The van der Waals surface area contributed by atoms with E-state index in [1.165, 1.54) is 0 Å². The van der Waals surface area contributed by atoms with E-state index in [9.17, 15) is 0 Å². The van der Waals surface area contributed by atoms with Crippen LogP contribution in [0.25, 0.3) is 0 Å². The molecule has 0 saturated carbocycles. The van der Waals surface area contributed by atoms with Crippen molar-refractivity contribution in [2.45, 2.75) is 20.1 Å². The molecule has 70 valence electrons. The lowest BCUT2D eigenvalue weighted by molar-refractivity contribution is -0.164. The van der Waals surface area contributed by atoms with Crippen LogP contribution in [0.5, 0.6) is 0 Å². The molecule has 0 amide bonds. The Kier molecular flexibility index (Phi) is 8.14. The van der Waals surface area contributed by atoms with Crippen molar-refractivity contribution >= 4 is 0 Å². The highest BCUT2D eigenvalue weighted by Gasteiger charge is 2.06. The molecule has 0 aromatic rings. The fourth-order valence-electron chi connectivity index (χ4n) is 0.730. The van der Waals surface area contributed by atoms with Gasteiger partial charge in [-0.3, -0.25) is 0 Å². The van der Waals surface area contributed by atoms with Gasteiger partial charge in [-0.2, -0.15) is 0 Å². The van der Waals surface area contributed by atoms with Crippen molar-refractivity contribution in [3.05, 3.63) is 0 Å². The van der Waals surface area contributed by atoms with Crippen molar-refractivity contribution in [3.63, 3.8) is 0 Å². The second kappa shape index (κ2) is 8.54. The summed E-state index contributed by atoms with van der Waals surface area (Å²) >= 11 is 0. The van der Waals surface area contributed by atoms with Crippen LogP contribution in [0.2, 0.25) is 0 Å². The van der Waals surface area contributed by atoms with E-state index >= 15 is 0 Å². The standard InChI is InChI=1S/C9H16O3/c1-4-7-10-8-9(11-5-2)12-6-3/h1,9H,5-8H2,2-3H3. The van der Waals surface area contributed by atoms with Crippen molar-refractivity contribution < 1.29 is 14.2 Å². The fourth-order valence-corrected chi connectivity index (χ4v) is 0.730. The molecule has 12 heavy (non-hydrogen) atoms. The topological polar surface area (TPSA) is 27.7 Å². The largest absolute Gasteiger partial charge is 0.364 e. The highest BCUT2D eigenvalue weighted by molar-refractivity contribution is 4.82. The third-order valence-corrected chi connectivity index (χ3v) is 1.14. The van der Waals surface area contributed by atoms with Crippen LogP contribution < -0.4 is 0 Å². The quantitative estimate of drug-likeness (QED) is 0.326. The summed E-state index contributed by atoms with van der Waals surface area (Å²) < 4.78 is 15.5. The number of hydrogen-bond donors (Lipinski definition) is 0. The minimum absolute atomic E-state index is 0.284. The zero-order valence-corrected chi connectivity index (χ0v) is 7.71. The first-order valence-electron chi connectivity index (χ1n) is 4.09. The van der Waals surface area contributed by atoms with Gasteiger partial charge in [0.25, 0.3) is 0 Å². The Morgan fingerprint density at radius 1 is 1.25 bits per heavy atom. The summed E-state index contributed by atoms with van der Waals surface area (Å²) in [6.45, 7) is 5.75. The van der Waals surface area contributed by atoms with E-state index in [1.54, 1.807) is 0 Å². The van der Waals surface area contributed by atoms with Crippen LogP contribution in [-0.4, -0.2) is 32.7 Å². The van der Waals surface area contributed by atoms with Crippen LogP contribution in [-0.2, 0) is 14.2 Å². The van der Waals surface area contributed by atoms with Gasteiger partial charge in [-0.15, -0.1) is 6.42 Å². The molecule has 0 atom stereocenters. The van der Waals surface area contributed by atoms with E-state index < -0.39 is 0 Å². The SMILES string of the molecule is C#CCOCC(OCC)OCC. The molecule has 0 N–H and O–H groups in total. The summed E-state index contributed by atoms with van der Waals surface area (Å²) in [6, 6.07) is 0. The third kappa shape index (κ3) is 6.17. The van der Waals surface area contributed by atoms with Gasteiger partial charge in [-0.1, -0.05) is 5.92 Å². The highest BCUT2D eigenvalue weighted by atomic mass is 16.7. The van der Waals surface area contributed by atoms with Gasteiger partial charge in [-0.25, -0.2) is 0 Å². The number of rotatable bonds is 7. The van der Waals surface area contributed by atoms with Crippen LogP contribution >= 0.6 is 0 Å². The first-order chi connectivity index (χ1) is 5.85. The molecule has 0 fully saturated rings. The molecule has 3 nitrogen and oxygen atoms in total. The first-order valence-corrected chi connectivity index (χ1v) is 4.09. The lowest BCUT2D eigenvalue weighted by Crippen LogP contribution is -2.23. The molecule has 0 spiro atoms. The maximum Gasteiger partial charge on any atom is 0.180 e. The summed E-state index contributed by atoms with van der Waals surface area (Å²) in [5, 5.41) is 0. The molecule has 0 rings (SSSR count). The highest BCUT2D eigenvalue weighted by Crippen LogP contribution is 1.95. The molecule has 3 heteroatoms. The molecule has 0 bridgehead atoms. The third-order valence-electron chi connectivity index (χ3n) is 1.14. The average molecular weight is 172 g/mol. The molecule has 0 aromatic carbocycles. The van der Waals surface area contributed by atoms with Crippen LogP contribution in [0.3, 0.4) is 0 Å². The van der Waals surface area contributed by atoms with Crippen molar-refractivity contribution in [2.24, 2.45) is 0 Å². The van der Waals surface area contributed by atoms with Crippen LogP contribution in [0, 0.1) is 12.3 Å². The van der Waals surface area contributed by atoms with Gasteiger partial charge in [0.2, 0.25) is 0 Å². The summed E-state index contributed by atoms with van der Waals surface area (Å²) in [6.07, 6.45) is 4.72. The Morgan fingerprint density at radius 2 is 1.83 bits per heavy atom. The minimum Gasteiger partial charge on any atom is -0.364 e. The Labute approximate surface area is 74.0 Å². The van der Waals surface area contributed by atoms with Gasteiger partial charge < -0.3 is 14.2 Å². The van der Waals surface area contributed by atoms with Crippen LogP contribution in [0.15, 0.2) is 0 Å². The summed E-state index contributed by atoms with van der Waals surface area (Å²) in [7, 11) is 0. The monoisotopic (exact) mass is 172 g/mol. The average Bonchev–Trinajstić information content (AvgIpc) is 2.06. The second-order valence-corrected chi connectivity index (χ2v) is 2.06. The fraction of sp³-hybridized carbons (Fsp3) is 0.778. The molecule has 0 aliphatic rings. The van der Waals surface area contributed by atoms with Crippen molar-refractivity contribution in [1.82, 2.24) is 0 Å². The van der Waals surface area contributed by atoms with E-state index in [-0.39, 0.29) is 6.29 Å². The lowest BCUT2D eigenvalue weighted by atomic mass is 10.6. The molecule has 0 radical (unpaired) electrons. The van der Waals surface area contributed by atoms with E-state index in [0.717, 1.165) is 0 Å². The molecule has 0 aromatic heterocycles. The van der Waals surface area contributed by atoms with Crippen molar-refractivity contribution in [2.75, 3.05) is 26.4 Å². The molecule has 0 heterocycles. The Hall–Kier alpha value is -0.560. The Morgan fingerprint density at radius 3 is 2.25 bits per heavy atom. The van der Waals surface area contributed by atoms with E-state index in [2.05, 4.69) is 5.92 Å². The summed E-state index contributed by atoms with van der Waals surface area (Å²) in [5.41, 5.74) is 0. The second-order valence-electron chi connectivity index (χ2n) is 2.06. The predicted octanol–water partition coefficient (Wildman–Crippen LogP) is 1.04. The Bertz CT molecular complexity index is 122. The molecule has 0 aliphatic carbocycles. The predicted molar refractivity (Wildman–Crippen MR) is 46.7 cm³/mol. The molecule has 0 saturated heterocycles. The smallest absolute Gasteiger partial charge is 0.180 e. The summed E-state index contributed by atoms with van der Waals surface area (Å²) in [5.74, 6) is 2.37. The van der Waals surface area contributed by atoms with Gasteiger partial charge >= 0.3 is 0 Å². The van der Waals surface area contributed by atoms with E-state index in [1.807, 2.05) is 13.8 Å². The molecule has 0 aliphatic heterocycles. The summed E-state index contributed by atoms with van der Waals surface area (Å²) in [4.78, 5) is 0. The number of hydrogen-bond acceptors (Lipinski definition) is 3. The van der Waals surface area contributed by atoms with Crippen LogP contribution in [0.1, 0.15) is 13.8 Å². The lowest BCUT2D eigenvalue weighted by Gasteiger charge is -2.15. The molecule has 0 unspecified atom stereocenters. The van der Waals surface area contributed by atoms with Gasteiger partial charge in [0.1, 0.15) is 6.61 Å². The van der Waals surface area contributed by atoms with Crippen molar-refractivity contribution in [1.29, 1.82) is 0 Å². The maximum atomic E-state index is 5.21. The zero-order chi connectivity index (χ0) is 9.23. The maximum absolute atomic E-state index is 5.21.